The third-order valence-electron chi connectivity index (χ3n) is 3.58. The highest BCUT2D eigenvalue weighted by Gasteiger charge is 2.21. The number of nitrogens with one attached hydrogen (secondary N) is 1. The number of aryl methyl sites for hydroxylation is 1. The number of hydrogen-bond donors (Lipinski definition) is 1. The van der Waals surface area contributed by atoms with Gasteiger partial charge >= 0.3 is 0 Å². The van der Waals surface area contributed by atoms with Crippen LogP contribution in [-0.2, 0) is 6.42 Å². The van der Waals surface area contributed by atoms with E-state index in [0.717, 1.165) is 24.1 Å². The third-order valence-corrected chi connectivity index (χ3v) is 3.58. The molecule has 1 N–H and O–H groups in total. The fourth-order valence-corrected chi connectivity index (χ4v) is 2.51. The molecule has 1 aliphatic rings. The molecular weight excluding hydrogens is 253 g/mol. The molecule has 0 saturated carbocycles. The molecule has 1 heterocycles. The van der Waals surface area contributed by atoms with E-state index in [2.05, 4.69) is 36.5 Å². The summed E-state index contributed by atoms with van der Waals surface area (Å²) >= 11 is 0. The van der Waals surface area contributed by atoms with Gasteiger partial charge in [0.25, 0.3) is 0 Å². The minimum absolute atomic E-state index is 0.0695. The maximum Gasteiger partial charge on any atom is 0.146 e. The van der Waals surface area contributed by atoms with E-state index in [-0.39, 0.29) is 11.9 Å². The van der Waals surface area contributed by atoms with Crippen molar-refractivity contribution in [3.8, 4) is 5.75 Å². The molecule has 1 atom stereocenters. The SMILES string of the molecule is CCCc1ccc(C2CNc3ccc(F)cc3O2)cc1. The maximum atomic E-state index is 13.3. The highest BCUT2D eigenvalue weighted by atomic mass is 19.1. The van der Waals surface area contributed by atoms with Crippen LogP contribution in [0.25, 0.3) is 0 Å². The Labute approximate surface area is 118 Å². The van der Waals surface area contributed by atoms with Crippen LogP contribution in [0.2, 0.25) is 0 Å². The van der Waals surface area contributed by atoms with Crippen molar-refractivity contribution >= 4 is 5.69 Å². The van der Waals surface area contributed by atoms with Gasteiger partial charge in [0.2, 0.25) is 0 Å². The molecule has 0 radical (unpaired) electrons. The molecule has 1 unspecified atom stereocenters. The topological polar surface area (TPSA) is 21.3 Å². The van der Waals surface area contributed by atoms with Crippen LogP contribution in [0.15, 0.2) is 42.5 Å². The number of benzene rings is 2. The molecule has 20 heavy (non-hydrogen) atoms. The third kappa shape index (κ3) is 2.62. The Hall–Kier alpha value is -2.03. The van der Waals surface area contributed by atoms with Gasteiger partial charge in [-0.05, 0) is 29.7 Å². The second-order valence-corrected chi connectivity index (χ2v) is 5.12. The van der Waals surface area contributed by atoms with E-state index >= 15 is 0 Å². The molecule has 2 aromatic rings. The highest BCUT2D eigenvalue weighted by Crippen LogP contribution is 2.34. The van der Waals surface area contributed by atoms with Crippen LogP contribution in [0, 0.1) is 5.82 Å². The fraction of sp³-hybridized carbons (Fsp3) is 0.294. The lowest BCUT2D eigenvalue weighted by Gasteiger charge is -2.27. The van der Waals surface area contributed by atoms with E-state index in [0.29, 0.717) is 12.3 Å². The first-order valence-electron chi connectivity index (χ1n) is 7.05. The molecule has 3 heteroatoms. The summed E-state index contributed by atoms with van der Waals surface area (Å²) in [5.41, 5.74) is 3.31. The predicted molar refractivity (Wildman–Crippen MR) is 78.7 cm³/mol. The number of rotatable bonds is 3. The van der Waals surface area contributed by atoms with Crippen molar-refractivity contribution in [3.05, 3.63) is 59.4 Å². The Bertz CT molecular complexity index is 594. The number of halogens is 1. The summed E-state index contributed by atoms with van der Waals surface area (Å²) in [6.45, 7) is 2.87. The fourth-order valence-electron chi connectivity index (χ4n) is 2.51. The van der Waals surface area contributed by atoms with E-state index in [1.165, 1.54) is 17.7 Å². The zero-order chi connectivity index (χ0) is 13.9. The van der Waals surface area contributed by atoms with Gasteiger partial charge in [0, 0.05) is 6.07 Å². The summed E-state index contributed by atoms with van der Waals surface area (Å²) in [6, 6.07) is 13.1. The summed E-state index contributed by atoms with van der Waals surface area (Å²) in [6.07, 6.45) is 2.17. The molecule has 2 nitrogen and oxygen atoms in total. The van der Waals surface area contributed by atoms with Gasteiger partial charge in [-0.1, -0.05) is 37.6 Å². The first-order chi connectivity index (χ1) is 9.76. The first-order valence-corrected chi connectivity index (χ1v) is 7.05. The lowest BCUT2D eigenvalue weighted by Crippen LogP contribution is -2.23. The van der Waals surface area contributed by atoms with E-state index in [9.17, 15) is 4.39 Å². The van der Waals surface area contributed by atoms with Crippen molar-refractivity contribution in [1.82, 2.24) is 0 Å². The number of ether oxygens (including phenoxy) is 1. The summed E-state index contributed by atoms with van der Waals surface area (Å²) in [5.74, 6) is 0.309. The zero-order valence-electron chi connectivity index (χ0n) is 11.5. The lowest BCUT2D eigenvalue weighted by atomic mass is 10.0. The molecule has 0 spiro atoms. The van der Waals surface area contributed by atoms with E-state index < -0.39 is 0 Å². The molecule has 2 aromatic carbocycles. The lowest BCUT2D eigenvalue weighted by molar-refractivity contribution is 0.209. The normalized spacial score (nSPS) is 17.0. The number of hydrogen-bond acceptors (Lipinski definition) is 2. The molecule has 0 fully saturated rings. The van der Waals surface area contributed by atoms with Crippen LogP contribution in [0.4, 0.5) is 10.1 Å². The van der Waals surface area contributed by atoms with Crippen LogP contribution in [0.5, 0.6) is 5.75 Å². The Morgan fingerprint density at radius 3 is 2.75 bits per heavy atom. The Balaban J connectivity index is 1.79. The second-order valence-electron chi connectivity index (χ2n) is 5.12. The Morgan fingerprint density at radius 1 is 1.20 bits per heavy atom. The molecule has 1 aliphatic heterocycles. The summed E-state index contributed by atoms with van der Waals surface area (Å²) in [4.78, 5) is 0. The average Bonchev–Trinajstić information content (AvgIpc) is 2.47. The number of anilines is 1. The van der Waals surface area contributed by atoms with Crippen molar-refractivity contribution in [2.75, 3.05) is 11.9 Å². The van der Waals surface area contributed by atoms with Crippen molar-refractivity contribution in [1.29, 1.82) is 0 Å². The quantitative estimate of drug-likeness (QED) is 0.897. The molecule has 104 valence electrons. The van der Waals surface area contributed by atoms with E-state index in [1.54, 1.807) is 6.07 Å². The largest absolute Gasteiger partial charge is 0.482 e. The molecular formula is C17H18FNO. The average molecular weight is 271 g/mol. The molecule has 0 aliphatic carbocycles. The van der Waals surface area contributed by atoms with Crippen molar-refractivity contribution < 1.29 is 9.13 Å². The summed E-state index contributed by atoms with van der Waals surface area (Å²) in [7, 11) is 0. The van der Waals surface area contributed by atoms with Crippen molar-refractivity contribution in [3.63, 3.8) is 0 Å². The summed E-state index contributed by atoms with van der Waals surface area (Å²) < 4.78 is 19.2. The van der Waals surface area contributed by atoms with Crippen LogP contribution < -0.4 is 10.1 Å². The van der Waals surface area contributed by atoms with Crippen LogP contribution >= 0.6 is 0 Å². The van der Waals surface area contributed by atoms with E-state index in [1.807, 2.05) is 0 Å². The highest BCUT2D eigenvalue weighted by molar-refractivity contribution is 5.58. The van der Waals surface area contributed by atoms with Gasteiger partial charge in [-0.15, -0.1) is 0 Å². The van der Waals surface area contributed by atoms with E-state index in [4.69, 9.17) is 4.74 Å². The standard InChI is InChI=1S/C17H18FNO/c1-2-3-12-4-6-13(7-5-12)17-11-19-15-9-8-14(18)10-16(15)20-17/h4-10,17,19H,2-3,11H2,1H3. The Morgan fingerprint density at radius 2 is 2.00 bits per heavy atom. The van der Waals surface area contributed by atoms with Crippen LogP contribution in [0.1, 0.15) is 30.6 Å². The predicted octanol–water partition coefficient (Wildman–Crippen LogP) is 4.32. The second kappa shape index (κ2) is 5.53. The molecule has 0 saturated heterocycles. The molecule has 0 amide bonds. The molecule has 0 bridgehead atoms. The van der Waals surface area contributed by atoms with Gasteiger partial charge in [-0.25, -0.2) is 4.39 Å². The van der Waals surface area contributed by atoms with Crippen molar-refractivity contribution in [2.45, 2.75) is 25.9 Å². The Kier molecular flexibility index (Phi) is 3.59. The van der Waals surface area contributed by atoms with Gasteiger partial charge in [0.05, 0.1) is 12.2 Å². The van der Waals surface area contributed by atoms with Gasteiger partial charge in [0.1, 0.15) is 17.7 Å². The molecule has 3 rings (SSSR count). The zero-order valence-corrected chi connectivity index (χ0v) is 11.5. The molecule has 0 aromatic heterocycles. The van der Waals surface area contributed by atoms with Crippen LogP contribution in [0.3, 0.4) is 0 Å². The van der Waals surface area contributed by atoms with Crippen molar-refractivity contribution in [2.24, 2.45) is 0 Å². The maximum absolute atomic E-state index is 13.3. The minimum atomic E-state index is -0.274. The first kappa shape index (κ1) is 13.0. The van der Waals surface area contributed by atoms with Gasteiger partial charge in [-0.3, -0.25) is 0 Å². The monoisotopic (exact) mass is 271 g/mol. The smallest absolute Gasteiger partial charge is 0.146 e. The van der Waals surface area contributed by atoms with Gasteiger partial charge < -0.3 is 10.1 Å². The van der Waals surface area contributed by atoms with Gasteiger partial charge in [0.15, 0.2) is 0 Å². The van der Waals surface area contributed by atoms with Crippen LogP contribution in [-0.4, -0.2) is 6.54 Å². The van der Waals surface area contributed by atoms with Gasteiger partial charge in [-0.2, -0.15) is 0 Å². The summed E-state index contributed by atoms with van der Waals surface area (Å²) in [5, 5.41) is 3.29. The minimum Gasteiger partial charge on any atom is -0.482 e. The number of fused-ring (bicyclic) bond motifs is 1.